The second-order valence-corrected chi connectivity index (χ2v) is 7.00. The molecule has 0 saturated carbocycles. The molecule has 1 fully saturated rings. The molecule has 0 amide bonds. The van der Waals surface area contributed by atoms with Crippen LogP contribution in [0.5, 0.6) is 5.75 Å². The highest BCUT2D eigenvalue weighted by Crippen LogP contribution is 2.27. The lowest BCUT2D eigenvalue weighted by Gasteiger charge is -2.35. The van der Waals surface area contributed by atoms with E-state index in [9.17, 15) is 0 Å². The zero-order valence-electron chi connectivity index (χ0n) is 13.5. The first-order chi connectivity index (χ1) is 9.95. The number of morpholine rings is 1. The summed E-state index contributed by atoms with van der Waals surface area (Å²) in [6.45, 7) is 12.4. The van der Waals surface area contributed by atoms with E-state index in [0.29, 0.717) is 12.2 Å². The first-order valence-corrected chi connectivity index (χ1v) is 8.52. The van der Waals surface area contributed by atoms with Crippen LogP contribution < -0.4 is 4.74 Å². The fourth-order valence-electron chi connectivity index (χ4n) is 3.05. The molecule has 0 aromatic heterocycles. The molecule has 0 aliphatic carbocycles. The van der Waals surface area contributed by atoms with Gasteiger partial charge >= 0.3 is 0 Å². The number of halogens is 1. The molecular weight excluding hydrogens is 330 g/mol. The topological polar surface area (TPSA) is 21.7 Å². The summed E-state index contributed by atoms with van der Waals surface area (Å²) in [6.07, 6.45) is 1.73. The average Bonchev–Trinajstić information content (AvgIpc) is 2.35. The maximum absolute atomic E-state index is 5.99. The third-order valence-corrected chi connectivity index (χ3v) is 4.24. The van der Waals surface area contributed by atoms with Gasteiger partial charge in [0.1, 0.15) is 5.75 Å². The van der Waals surface area contributed by atoms with Gasteiger partial charge in [-0.05, 0) is 57.4 Å². The molecule has 0 unspecified atom stereocenters. The zero-order valence-corrected chi connectivity index (χ0v) is 15.1. The van der Waals surface area contributed by atoms with Gasteiger partial charge in [0.2, 0.25) is 0 Å². The predicted molar refractivity (Wildman–Crippen MR) is 90.2 cm³/mol. The number of hydrogen-bond acceptors (Lipinski definition) is 3. The molecular formula is C17H26BrNO2. The monoisotopic (exact) mass is 355 g/mol. The highest BCUT2D eigenvalue weighted by atomic mass is 79.9. The Bertz CT molecular complexity index is 445. The standard InChI is InChI=1S/C17H26BrNO2/c1-12-8-16(18)9-13(2)17(12)20-7-5-6-19-10-14(3)21-15(4)11-19/h8-9,14-15H,5-7,10-11H2,1-4H3/t14-,15+. The highest BCUT2D eigenvalue weighted by Gasteiger charge is 2.21. The fourth-order valence-corrected chi connectivity index (χ4v) is 3.74. The Labute approximate surface area is 136 Å². The van der Waals surface area contributed by atoms with Crippen LogP contribution in [0.15, 0.2) is 16.6 Å². The van der Waals surface area contributed by atoms with Gasteiger partial charge < -0.3 is 9.47 Å². The molecule has 118 valence electrons. The molecule has 1 aromatic rings. The van der Waals surface area contributed by atoms with E-state index >= 15 is 0 Å². The summed E-state index contributed by atoms with van der Waals surface area (Å²) < 4.78 is 12.9. The van der Waals surface area contributed by atoms with Crippen LogP contribution in [0.4, 0.5) is 0 Å². The summed E-state index contributed by atoms with van der Waals surface area (Å²) in [5, 5.41) is 0. The summed E-state index contributed by atoms with van der Waals surface area (Å²) >= 11 is 3.52. The van der Waals surface area contributed by atoms with E-state index in [-0.39, 0.29) is 0 Å². The van der Waals surface area contributed by atoms with Gasteiger partial charge in [-0.2, -0.15) is 0 Å². The minimum Gasteiger partial charge on any atom is -0.493 e. The van der Waals surface area contributed by atoms with Crippen LogP contribution in [0, 0.1) is 13.8 Å². The van der Waals surface area contributed by atoms with Gasteiger partial charge in [-0.1, -0.05) is 15.9 Å². The normalized spacial score (nSPS) is 23.3. The molecule has 21 heavy (non-hydrogen) atoms. The molecule has 2 atom stereocenters. The second kappa shape index (κ2) is 7.61. The number of benzene rings is 1. The fraction of sp³-hybridized carbons (Fsp3) is 0.647. The van der Waals surface area contributed by atoms with Gasteiger partial charge in [-0.3, -0.25) is 4.90 Å². The summed E-state index contributed by atoms with van der Waals surface area (Å²) in [6, 6.07) is 4.21. The molecule has 1 saturated heterocycles. The predicted octanol–water partition coefficient (Wildman–Crippen LogP) is 3.94. The molecule has 4 heteroatoms. The van der Waals surface area contributed by atoms with Crippen LogP contribution in [-0.4, -0.2) is 43.3 Å². The van der Waals surface area contributed by atoms with E-state index in [1.54, 1.807) is 0 Å². The largest absolute Gasteiger partial charge is 0.493 e. The van der Waals surface area contributed by atoms with Crippen molar-refractivity contribution in [3.63, 3.8) is 0 Å². The Morgan fingerprint density at radius 2 is 1.76 bits per heavy atom. The van der Waals surface area contributed by atoms with Crippen LogP contribution in [0.1, 0.15) is 31.4 Å². The van der Waals surface area contributed by atoms with E-state index in [1.165, 1.54) is 11.1 Å². The molecule has 3 nitrogen and oxygen atoms in total. The SMILES string of the molecule is Cc1cc(Br)cc(C)c1OCCCN1C[C@@H](C)O[C@@H](C)C1. The smallest absolute Gasteiger partial charge is 0.125 e. The number of rotatable bonds is 5. The quantitative estimate of drug-likeness (QED) is 0.746. The molecule has 1 heterocycles. The van der Waals surface area contributed by atoms with Crippen molar-refractivity contribution >= 4 is 15.9 Å². The van der Waals surface area contributed by atoms with E-state index in [0.717, 1.165) is 42.9 Å². The Morgan fingerprint density at radius 1 is 1.19 bits per heavy atom. The number of aryl methyl sites for hydroxylation is 2. The van der Waals surface area contributed by atoms with Crippen molar-refractivity contribution in [3.05, 3.63) is 27.7 Å². The summed E-state index contributed by atoms with van der Waals surface area (Å²) in [5.74, 6) is 1.03. The van der Waals surface area contributed by atoms with E-state index in [2.05, 4.69) is 60.7 Å². The molecule has 0 spiro atoms. The molecule has 0 bridgehead atoms. The van der Waals surface area contributed by atoms with Gasteiger partial charge in [-0.15, -0.1) is 0 Å². The lowest BCUT2D eigenvalue weighted by atomic mass is 10.1. The molecule has 1 aromatic carbocycles. The highest BCUT2D eigenvalue weighted by molar-refractivity contribution is 9.10. The Hall–Kier alpha value is -0.580. The van der Waals surface area contributed by atoms with Crippen LogP contribution in [0.3, 0.4) is 0 Å². The van der Waals surface area contributed by atoms with Crippen molar-refractivity contribution in [3.8, 4) is 5.75 Å². The molecule has 0 radical (unpaired) electrons. The van der Waals surface area contributed by atoms with Crippen LogP contribution in [-0.2, 0) is 4.74 Å². The van der Waals surface area contributed by atoms with Crippen LogP contribution in [0.25, 0.3) is 0 Å². The van der Waals surface area contributed by atoms with E-state index < -0.39 is 0 Å². The molecule has 1 aliphatic rings. The summed E-state index contributed by atoms with van der Waals surface area (Å²) in [4.78, 5) is 2.48. The number of ether oxygens (including phenoxy) is 2. The number of nitrogens with zero attached hydrogens (tertiary/aromatic N) is 1. The van der Waals surface area contributed by atoms with Crippen molar-refractivity contribution in [2.75, 3.05) is 26.2 Å². The second-order valence-electron chi connectivity index (χ2n) is 6.09. The molecule has 1 aliphatic heterocycles. The van der Waals surface area contributed by atoms with Crippen LogP contribution in [0.2, 0.25) is 0 Å². The van der Waals surface area contributed by atoms with Crippen LogP contribution >= 0.6 is 15.9 Å². The summed E-state index contributed by atoms with van der Waals surface area (Å²) in [7, 11) is 0. The van der Waals surface area contributed by atoms with Crippen molar-refractivity contribution in [2.24, 2.45) is 0 Å². The Kier molecular flexibility index (Phi) is 6.08. The summed E-state index contributed by atoms with van der Waals surface area (Å²) in [5.41, 5.74) is 2.38. The van der Waals surface area contributed by atoms with Crippen molar-refractivity contribution in [1.82, 2.24) is 4.90 Å². The van der Waals surface area contributed by atoms with Gasteiger partial charge in [0.15, 0.2) is 0 Å². The average molecular weight is 356 g/mol. The minimum atomic E-state index is 0.339. The van der Waals surface area contributed by atoms with Gasteiger partial charge in [0, 0.05) is 24.1 Å². The maximum atomic E-state index is 5.99. The third-order valence-electron chi connectivity index (χ3n) is 3.79. The van der Waals surface area contributed by atoms with Gasteiger partial charge in [0.25, 0.3) is 0 Å². The zero-order chi connectivity index (χ0) is 15.4. The maximum Gasteiger partial charge on any atom is 0.125 e. The minimum absolute atomic E-state index is 0.339. The lowest BCUT2D eigenvalue weighted by Crippen LogP contribution is -2.45. The lowest BCUT2D eigenvalue weighted by molar-refractivity contribution is -0.0686. The van der Waals surface area contributed by atoms with Gasteiger partial charge in [0.05, 0.1) is 18.8 Å². The van der Waals surface area contributed by atoms with E-state index in [4.69, 9.17) is 9.47 Å². The first-order valence-electron chi connectivity index (χ1n) is 7.73. The molecule has 0 N–H and O–H groups in total. The van der Waals surface area contributed by atoms with Gasteiger partial charge in [-0.25, -0.2) is 0 Å². The molecule has 2 rings (SSSR count). The third kappa shape index (κ3) is 4.97. The Morgan fingerprint density at radius 3 is 2.33 bits per heavy atom. The number of hydrogen-bond donors (Lipinski definition) is 0. The Balaban J connectivity index is 1.77. The van der Waals surface area contributed by atoms with E-state index in [1.807, 2.05) is 0 Å². The van der Waals surface area contributed by atoms with Crippen molar-refractivity contribution in [2.45, 2.75) is 46.3 Å². The van der Waals surface area contributed by atoms with Crippen molar-refractivity contribution < 1.29 is 9.47 Å². The van der Waals surface area contributed by atoms with Crippen molar-refractivity contribution in [1.29, 1.82) is 0 Å². The first kappa shape index (κ1) is 16.8.